The van der Waals surface area contributed by atoms with E-state index in [2.05, 4.69) is 79.8 Å². The van der Waals surface area contributed by atoms with E-state index in [4.69, 9.17) is 0 Å². The third-order valence-corrected chi connectivity index (χ3v) is 22.9. The molecule has 0 unspecified atom stereocenters. The molecule has 3 heterocycles. The van der Waals surface area contributed by atoms with Crippen molar-refractivity contribution in [3.63, 3.8) is 0 Å². The van der Waals surface area contributed by atoms with E-state index < -0.39 is 259 Å². The Balaban J connectivity index is 1.52. The van der Waals surface area contributed by atoms with Gasteiger partial charge in [0.2, 0.25) is 0 Å². The molecule has 0 saturated heterocycles. The van der Waals surface area contributed by atoms with E-state index in [0.29, 0.717) is 66.8 Å². The lowest BCUT2D eigenvalue weighted by Crippen LogP contribution is -2.49. The van der Waals surface area contributed by atoms with Crippen molar-refractivity contribution < 1.29 is 132 Å². The van der Waals surface area contributed by atoms with Crippen LogP contribution in [0.3, 0.4) is 0 Å². The van der Waals surface area contributed by atoms with Gasteiger partial charge in [0, 0.05) is 130 Å². The number of hydrogen-bond donors (Lipinski definition) is 24. The number of carbonyl (C=O) groups excluding carboxylic acids is 9. The fourth-order valence-corrected chi connectivity index (χ4v) is 16.5. The van der Waals surface area contributed by atoms with E-state index in [1.807, 2.05) is 0 Å². The van der Waals surface area contributed by atoms with Gasteiger partial charge in [-0.2, -0.15) is 0 Å². The Kier molecular flexibility index (Phi) is 37.0. The number of carboxylic acids is 9. The molecule has 0 fully saturated rings. The highest BCUT2D eigenvalue weighted by Crippen LogP contribution is 2.38. The molecule has 696 valence electrons. The predicted octanol–water partition coefficient (Wildman–Crippen LogP) is 9.81. The summed E-state index contributed by atoms with van der Waals surface area (Å²) in [6.07, 6.45) is -8.47. The highest BCUT2D eigenvalue weighted by Gasteiger charge is 2.39. The average Bonchev–Trinajstić information content (AvgIpc) is 0.768. The van der Waals surface area contributed by atoms with Crippen LogP contribution in [0.1, 0.15) is 255 Å². The number of rotatable bonds is 39. The number of hydrogen-bond acceptors (Lipinski definition) is 18. The van der Waals surface area contributed by atoms with Crippen LogP contribution in [0.4, 0.5) is 62.9 Å². The Hall–Kier alpha value is -14.6. The maximum atomic E-state index is 15.0. The smallest absolute Gasteiger partial charge is 0.319 e. The second kappa shape index (κ2) is 47.1. The van der Waals surface area contributed by atoms with Crippen LogP contribution in [-0.4, -0.2) is 170 Å². The topological polar surface area (TPSA) is 670 Å². The van der Waals surface area contributed by atoms with Gasteiger partial charge in [0.15, 0.2) is 0 Å². The first kappa shape index (κ1) is 101. The summed E-state index contributed by atoms with van der Waals surface area (Å²) in [5.74, 6) is -15.1. The van der Waals surface area contributed by atoms with Crippen molar-refractivity contribution >= 4 is 142 Å². The minimum absolute atomic E-state index is 0.140. The van der Waals surface area contributed by atoms with Crippen LogP contribution < -0.4 is 79.8 Å². The molecule has 5 aromatic rings. The van der Waals surface area contributed by atoms with Crippen molar-refractivity contribution in [3.8, 4) is 0 Å². The second-order valence-electron chi connectivity index (χ2n) is 31.2. The zero-order chi connectivity index (χ0) is 95.2. The Morgan fingerprint density at radius 2 is 0.395 bits per heavy atom. The maximum absolute atomic E-state index is 15.0. The molecule has 42 nitrogen and oxygen atoms in total. The standard InChI is InChI=1S/C87H111N15O27/c1-7-49-55-40-88-79(124)94-61-16-13-46(76(121)100-85(28-19-67(103)104,29-20-68(105)106)30-21-69(107)108)37-64(61)97-82(127)91-43-58-52(10-4)59-44-92-83(128)98-65-38-47(77(122)101-86(31-22-70(109)110,32-23-71(111)112)33-24-72(113)114)14-17-62(65)95-80(125)89-41-56(49)51(9-3)57(50(55)8-2)42-90-81(126)96-63-18-15-48(39-66(63)99-84(129)93-45-60(53(58)11-5)54(59)12-6)78(123)102-87(34-25-73(115)116,35-26-74(117)118)36-27-75(119)120/h13-18,37-39H,7-12,19-36,40-45H2,1-6H3,(H,100,121)(H,101,122)(H,102,123)(H,103,104)(H,105,106)(H,107,108)(H,109,110)(H,111,112)(H,113,114)(H,115,116)(H,117,118)(H,119,120)(H2,88,94,124)(H2,89,95,125)(H2,90,96,126)(H2,91,97,127)(H2,92,98,128)(H2,93,99,129). The van der Waals surface area contributed by atoms with Crippen molar-refractivity contribution in [2.75, 3.05) is 31.9 Å². The number of anilines is 6. The number of carbonyl (C=O) groups is 18. The number of urea groups is 6. The number of aliphatic carboxylic acids is 9. The van der Waals surface area contributed by atoms with E-state index in [0.717, 1.165) is 18.2 Å². The van der Waals surface area contributed by atoms with Crippen molar-refractivity contribution in [2.45, 2.75) is 252 Å². The summed E-state index contributed by atoms with van der Waals surface area (Å²) >= 11 is 0. The molecule has 8 rings (SSSR count). The predicted molar refractivity (Wildman–Crippen MR) is 466 cm³/mol. The summed E-state index contributed by atoms with van der Waals surface area (Å²) in [5.41, 5.74) is -1.43. The van der Waals surface area contributed by atoms with E-state index in [1.54, 1.807) is 41.5 Å². The third-order valence-electron chi connectivity index (χ3n) is 22.9. The molecule has 0 aromatic heterocycles. The fourth-order valence-electron chi connectivity index (χ4n) is 16.5. The van der Waals surface area contributed by atoms with Crippen molar-refractivity contribution in [3.05, 3.63) is 138 Å². The summed E-state index contributed by atoms with van der Waals surface area (Å²) in [6.45, 7) is 8.50. The Morgan fingerprint density at radius 3 is 0.535 bits per heavy atom. The fraction of sp³-hybridized carbons (Fsp3) is 0.448. The van der Waals surface area contributed by atoms with Gasteiger partial charge in [-0.3, -0.25) is 57.5 Å². The van der Waals surface area contributed by atoms with Crippen LogP contribution in [0.15, 0.2) is 54.6 Å². The van der Waals surface area contributed by atoms with Crippen LogP contribution in [0.25, 0.3) is 0 Å². The number of amides is 15. The minimum atomic E-state index is -1.75. The highest BCUT2D eigenvalue weighted by molar-refractivity contribution is 6.06. The molecule has 0 radical (unpaired) electrons. The van der Waals surface area contributed by atoms with E-state index in [1.165, 1.54) is 36.4 Å². The number of nitrogens with one attached hydrogen (secondary N) is 15. The van der Waals surface area contributed by atoms with Gasteiger partial charge >= 0.3 is 89.9 Å². The van der Waals surface area contributed by atoms with Gasteiger partial charge in [0.05, 0.1) is 34.1 Å². The molecule has 3 aliphatic heterocycles. The van der Waals surface area contributed by atoms with Gasteiger partial charge in [-0.05, 0) is 218 Å². The lowest BCUT2D eigenvalue weighted by molar-refractivity contribution is -0.140. The summed E-state index contributed by atoms with van der Waals surface area (Å²) < 4.78 is 0. The molecule has 0 spiro atoms. The normalized spacial score (nSPS) is 13.5. The lowest BCUT2D eigenvalue weighted by Gasteiger charge is -2.34. The first-order valence-corrected chi connectivity index (χ1v) is 42.1. The number of carboxylic acid groups (broad SMARTS) is 9. The van der Waals surface area contributed by atoms with E-state index >= 15 is 14.4 Å². The molecular formula is C87H111N15O27. The molecule has 5 aromatic carbocycles. The zero-order valence-corrected chi connectivity index (χ0v) is 72.3. The van der Waals surface area contributed by atoms with Gasteiger partial charge < -0.3 is 126 Å². The quantitative estimate of drug-likeness (QED) is 0.0174. The molecule has 0 saturated carbocycles. The summed E-state index contributed by atoms with van der Waals surface area (Å²) in [6, 6.07) is 5.15. The molecule has 0 aliphatic carbocycles. The Labute approximate surface area is 740 Å². The maximum Gasteiger partial charge on any atom is 0.319 e. The van der Waals surface area contributed by atoms with Crippen LogP contribution in [0, 0.1) is 0 Å². The molecule has 42 heteroatoms. The molecule has 6 bridgehead atoms. The largest absolute Gasteiger partial charge is 0.481 e. The third kappa shape index (κ3) is 29.2. The van der Waals surface area contributed by atoms with Gasteiger partial charge in [0.25, 0.3) is 17.7 Å². The lowest BCUT2D eigenvalue weighted by atomic mass is 9.83. The van der Waals surface area contributed by atoms with Crippen molar-refractivity contribution in [1.82, 2.24) is 47.9 Å². The first-order chi connectivity index (χ1) is 61.1. The van der Waals surface area contributed by atoms with Gasteiger partial charge in [-0.25, -0.2) is 28.8 Å². The monoisotopic (exact) mass is 1800 g/mol. The van der Waals surface area contributed by atoms with Gasteiger partial charge in [-0.1, -0.05) is 41.5 Å². The highest BCUT2D eigenvalue weighted by atomic mass is 16.4. The molecular weight excluding hydrogens is 1690 g/mol. The Morgan fingerprint density at radius 1 is 0.248 bits per heavy atom. The van der Waals surface area contributed by atoms with Crippen LogP contribution in [0.5, 0.6) is 0 Å². The summed E-state index contributed by atoms with van der Waals surface area (Å²) in [7, 11) is 0. The van der Waals surface area contributed by atoms with Crippen LogP contribution in [0.2, 0.25) is 0 Å². The molecule has 0 atom stereocenters. The van der Waals surface area contributed by atoms with Crippen molar-refractivity contribution in [1.29, 1.82) is 0 Å². The summed E-state index contributed by atoms with van der Waals surface area (Å²) in [5, 5.41) is 130. The van der Waals surface area contributed by atoms with Crippen LogP contribution >= 0.6 is 0 Å². The first-order valence-electron chi connectivity index (χ1n) is 42.1. The number of fused-ring (bicyclic) bond motifs is 18. The molecule has 15 amide bonds. The molecule has 3 aliphatic rings. The number of benzene rings is 5. The molecule has 24 N–H and O–H groups in total. The van der Waals surface area contributed by atoms with E-state index in [9.17, 15) is 118 Å². The Bertz CT molecular complexity index is 4490. The summed E-state index contributed by atoms with van der Waals surface area (Å²) in [4.78, 5) is 242. The van der Waals surface area contributed by atoms with Crippen LogP contribution in [-0.2, 0) is 121 Å². The van der Waals surface area contributed by atoms with Crippen molar-refractivity contribution in [2.24, 2.45) is 0 Å². The van der Waals surface area contributed by atoms with E-state index in [-0.39, 0.29) is 109 Å². The average molecular weight is 1800 g/mol. The zero-order valence-electron chi connectivity index (χ0n) is 72.3. The molecule has 129 heavy (non-hydrogen) atoms. The minimum Gasteiger partial charge on any atom is -0.481 e. The van der Waals surface area contributed by atoms with Gasteiger partial charge in [-0.15, -0.1) is 0 Å². The van der Waals surface area contributed by atoms with Gasteiger partial charge in [0.1, 0.15) is 0 Å². The second-order valence-corrected chi connectivity index (χ2v) is 31.2. The SMILES string of the molecule is CCc1c2c(CC)c3c(CC)c1CNC(=O)Nc1ccc(C(=O)NC(CCC(=O)O)(CCC(=O)O)CCC(=O)O)cc1NC(=O)NCc1c(CC)c(c(CC)c(c1CC)CNC(=O)Nc1cc(C(=O)NC(CCC(=O)O)(CCC(=O)O)CCC(=O)O)ccc1NC(=O)NC3)CNC(=O)Nc1cc(C(=O)NC(CCC(=O)O)(CCC(=O)O)CCC(=O)O)ccc1NC(=O)NC2.